The highest BCUT2D eigenvalue weighted by molar-refractivity contribution is 6.63. The predicted molar refractivity (Wildman–Crippen MR) is 152 cm³/mol. The molecule has 0 bridgehead atoms. The van der Waals surface area contributed by atoms with E-state index in [9.17, 15) is 20.2 Å². The number of rotatable bonds is 10. The fraction of sp³-hybridized carbons (Fsp3) is 0.308. The van der Waals surface area contributed by atoms with Crippen molar-refractivity contribution in [3.63, 3.8) is 0 Å². The highest BCUT2D eigenvalue weighted by atomic mass is 16.7. The summed E-state index contributed by atoms with van der Waals surface area (Å²) in [4.78, 5) is 24.9. The van der Waals surface area contributed by atoms with Gasteiger partial charge in [0.15, 0.2) is 0 Å². The van der Waals surface area contributed by atoms with E-state index in [1.807, 2.05) is 48.2 Å². The summed E-state index contributed by atoms with van der Waals surface area (Å²) in [6.07, 6.45) is -0.306. The molecule has 0 amide bonds. The molecule has 2 atom stereocenters. The maximum absolute atomic E-state index is 10.9. The van der Waals surface area contributed by atoms with Gasteiger partial charge in [-0.3, -0.25) is 20.2 Å². The standard InChI is InChI=1S/C26H28B2N4O8/c1-29(21-7-11-23(12-8-21)31(33)34)15-25-17-37-27(39-25)19-3-5-20(6-4-19)28-38-18-26(40-28)16-30(2)22-9-13-24(14-10-22)32(35)36/h3-14,25-26H,15-18H2,1-2H3. The van der Waals surface area contributed by atoms with E-state index in [1.54, 1.807) is 24.3 Å². The molecular formula is C26H28B2N4O8. The van der Waals surface area contributed by atoms with Gasteiger partial charge in [-0.2, -0.15) is 0 Å². The summed E-state index contributed by atoms with van der Waals surface area (Å²) in [5.41, 5.74) is 3.60. The van der Waals surface area contributed by atoms with Crippen molar-refractivity contribution in [3.05, 3.63) is 93.0 Å². The van der Waals surface area contributed by atoms with Crippen LogP contribution in [0.15, 0.2) is 72.8 Å². The Kier molecular flexibility index (Phi) is 8.31. The second-order valence-corrected chi connectivity index (χ2v) is 9.82. The maximum atomic E-state index is 10.9. The number of nitro groups is 2. The fourth-order valence-corrected chi connectivity index (χ4v) is 4.73. The van der Waals surface area contributed by atoms with E-state index in [4.69, 9.17) is 18.6 Å². The molecule has 0 saturated carbocycles. The second kappa shape index (κ2) is 12.0. The Hall–Kier alpha value is -3.97. The molecule has 2 unspecified atom stereocenters. The van der Waals surface area contributed by atoms with E-state index in [2.05, 4.69) is 0 Å². The van der Waals surface area contributed by atoms with Crippen LogP contribution in [0.25, 0.3) is 0 Å². The van der Waals surface area contributed by atoms with Crippen LogP contribution in [0.1, 0.15) is 0 Å². The molecule has 206 valence electrons. The molecule has 0 radical (unpaired) electrons. The highest BCUT2D eigenvalue weighted by Gasteiger charge is 2.36. The summed E-state index contributed by atoms with van der Waals surface area (Å²) in [6, 6.07) is 20.6. The third-order valence-electron chi connectivity index (χ3n) is 6.94. The number of hydrogen-bond donors (Lipinski definition) is 0. The summed E-state index contributed by atoms with van der Waals surface area (Å²) in [5.74, 6) is 0. The fourth-order valence-electron chi connectivity index (χ4n) is 4.73. The topological polar surface area (TPSA) is 130 Å². The van der Waals surface area contributed by atoms with Gasteiger partial charge in [0.25, 0.3) is 11.4 Å². The monoisotopic (exact) mass is 546 g/mol. The molecule has 5 rings (SSSR count). The minimum Gasteiger partial charge on any atom is -0.405 e. The first-order valence-corrected chi connectivity index (χ1v) is 12.8. The van der Waals surface area contributed by atoms with Gasteiger partial charge in [-0.15, -0.1) is 0 Å². The molecular weight excluding hydrogens is 518 g/mol. The zero-order valence-electron chi connectivity index (χ0n) is 22.1. The van der Waals surface area contributed by atoms with Gasteiger partial charge in [-0.05, 0) is 35.2 Å². The van der Waals surface area contributed by atoms with Crippen molar-refractivity contribution < 1.29 is 28.5 Å². The molecule has 3 aromatic rings. The number of anilines is 2. The Morgan fingerprint density at radius 3 is 1.35 bits per heavy atom. The lowest BCUT2D eigenvalue weighted by Gasteiger charge is -2.22. The van der Waals surface area contributed by atoms with Gasteiger partial charge in [0.1, 0.15) is 0 Å². The SMILES string of the molecule is CN(CC1COB(c2ccc(B3OCC(CN(C)c4ccc([N+](=O)[O-])cc4)O3)cc2)O1)c1ccc([N+](=O)[O-])cc1. The minimum absolute atomic E-state index is 0.0552. The molecule has 0 aliphatic carbocycles. The minimum atomic E-state index is -0.488. The Labute approximate surface area is 232 Å². The second-order valence-electron chi connectivity index (χ2n) is 9.82. The third kappa shape index (κ3) is 6.42. The largest absolute Gasteiger partial charge is 0.494 e. The van der Waals surface area contributed by atoms with E-state index in [1.165, 1.54) is 24.3 Å². The number of benzene rings is 3. The van der Waals surface area contributed by atoms with Gasteiger partial charge >= 0.3 is 14.2 Å². The van der Waals surface area contributed by atoms with E-state index >= 15 is 0 Å². The van der Waals surface area contributed by atoms with Crippen molar-refractivity contribution in [2.45, 2.75) is 12.2 Å². The van der Waals surface area contributed by atoms with E-state index < -0.39 is 24.1 Å². The summed E-state index contributed by atoms with van der Waals surface area (Å²) in [5, 5.41) is 21.8. The lowest BCUT2D eigenvalue weighted by molar-refractivity contribution is -0.385. The molecule has 12 nitrogen and oxygen atoms in total. The van der Waals surface area contributed by atoms with Crippen LogP contribution in [0.5, 0.6) is 0 Å². The first-order chi connectivity index (χ1) is 19.3. The third-order valence-corrected chi connectivity index (χ3v) is 6.94. The predicted octanol–water partition coefficient (Wildman–Crippen LogP) is 2.00. The van der Waals surface area contributed by atoms with Gasteiger partial charge in [-0.1, -0.05) is 24.3 Å². The normalized spacial score (nSPS) is 18.6. The summed E-state index contributed by atoms with van der Waals surface area (Å²) in [6.45, 7) is 2.02. The molecule has 2 aliphatic rings. The van der Waals surface area contributed by atoms with Crippen molar-refractivity contribution in [2.75, 3.05) is 50.2 Å². The van der Waals surface area contributed by atoms with Crippen LogP contribution < -0.4 is 20.7 Å². The summed E-state index contributed by atoms with van der Waals surface area (Å²) < 4.78 is 24.0. The number of hydrogen-bond acceptors (Lipinski definition) is 10. The van der Waals surface area contributed by atoms with Gasteiger partial charge < -0.3 is 28.4 Å². The summed E-state index contributed by atoms with van der Waals surface area (Å²) >= 11 is 0. The van der Waals surface area contributed by atoms with Crippen molar-refractivity contribution >= 4 is 47.9 Å². The maximum Gasteiger partial charge on any atom is 0.494 e. The zero-order valence-corrected chi connectivity index (χ0v) is 22.1. The van der Waals surface area contributed by atoms with Crippen molar-refractivity contribution in [1.82, 2.24) is 0 Å². The Balaban J connectivity index is 1.10. The Morgan fingerprint density at radius 1 is 0.675 bits per heavy atom. The van der Waals surface area contributed by atoms with Crippen LogP contribution >= 0.6 is 0 Å². The molecule has 0 aromatic heterocycles. The first-order valence-electron chi connectivity index (χ1n) is 12.8. The highest BCUT2D eigenvalue weighted by Crippen LogP contribution is 2.21. The Bertz CT molecular complexity index is 1230. The number of likely N-dealkylation sites (N-methyl/N-ethyl adjacent to an activating group) is 2. The van der Waals surface area contributed by atoms with Crippen LogP contribution in [0.4, 0.5) is 22.7 Å². The van der Waals surface area contributed by atoms with Crippen LogP contribution in [0, 0.1) is 20.2 Å². The van der Waals surface area contributed by atoms with Crippen molar-refractivity contribution in [1.29, 1.82) is 0 Å². The van der Waals surface area contributed by atoms with Gasteiger partial charge in [-0.25, -0.2) is 0 Å². The lowest BCUT2D eigenvalue weighted by Crippen LogP contribution is -2.38. The lowest BCUT2D eigenvalue weighted by atomic mass is 9.74. The molecule has 2 saturated heterocycles. The Morgan fingerprint density at radius 2 is 1.02 bits per heavy atom. The number of nitrogens with zero attached hydrogens (tertiary/aromatic N) is 4. The molecule has 0 spiro atoms. The number of non-ortho nitro benzene ring substituents is 2. The molecule has 3 aromatic carbocycles. The average Bonchev–Trinajstić information content (AvgIpc) is 3.63. The molecule has 0 N–H and O–H groups in total. The van der Waals surface area contributed by atoms with Gasteiger partial charge in [0.05, 0.1) is 35.3 Å². The van der Waals surface area contributed by atoms with Gasteiger partial charge in [0.2, 0.25) is 0 Å². The quantitative estimate of drug-likeness (QED) is 0.212. The average molecular weight is 546 g/mol. The molecule has 2 fully saturated rings. The van der Waals surface area contributed by atoms with Crippen LogP contribution in [0.2, 0.25) is 0 Å². The van der Waals surface area contributed by atoms with Crippen LogP contribution in [-0.2, 0) is 18.6 Å². The molecule has 2 aliphatic heterocycles. The van der Waals surface area contributed by atoms with E-state index in [0.717, 1.165) is 22.3 Å². The smallest absolute Gasteiger partial charge is 0.405 e. The van der Waals surface area contributed by atoms with E-state index in [0.29, 0.717) is 26.3 Å². The first kappa shape index (κ1) is 27.6. The molecule has 40 heavy (non-hydrogen) atoms. The number of nitro benzene ring substituents is 2. The van der Waals surface area contributed by atoms with Crippen LogP contribution in [0.3, 0.4) is 0 Å². The summed E-state index contributed by atoms with van der Waals surface area (Å²) in [7, 11) is 2.84. The van der Waals surface area contributed by atoms with Crippen molar-refractivity contribution in [2.24, 2.45) is 0 Å². The zero-order chi connectivity index (χ0) is 28.2. The van der Waals surface area contributed by atoms with Gasteiger partial charge in [0, 0.05) is 62.8 Å². The van der Waals surface area contributed by atoms with Crippen molar-refractivity contribution in [3.8, 4) is 0 Å². The molecule has 14 heteroatoms. The molecule has 2 heterocycles. The van der Waals surface area contributed by atoms with Crippen LogP contribution in [-0.4, -0.2) is 76.7 Å². The van der Waals surface area contributed by atoms with E-state index in [-0.39, 0.29) is 23.6 Å².